The highest BCUT2D eigenvalue weighted by atomic mass is 19.1. The lowest BCUT2D eigenvalue weighted by atomic mass is 10.0. The van der Waals surface area contributed by atoms with Gasteiger partial charge in [-0.2, -0.15) is 0 Å². The van der Waals surface area contributed by atoms with Crippen molar-refractivity contribution >= 4 is 0 Å². The van der Waals surface area contributed by atoms with Crippen molar-refractivity contribution in [1.29, 1.82) is 0 Å². The monoisotopic (exact) mass is 261 g/mol. The van der Waals surface area contributed by atoms with E-state index < -0.39 is 23.8 Å². The smallest absolute Gasteiger partial charge is 0.168 e. The Labute approximate surface area is 104 Å². The van der Waals surface area contributed by atoms with E-state index in [1.807, 2.05) is 0 Å². The van der Waals surface area contributed by atoms with Crippen molar-refractivity contribution < 1.29 is 23.7 Å². The zero-order chi connectivity index (χ0) is 13.7. The van der Waals surface area contributed by atoms with Crippen molar-refractivity contribution in [3.05, 3.63) is 29.3 Å². The first-order chi connectivity index (χ1) is 8.51. The summed E-state index contributed by atoms with van der Waals surface area (Å²) in [6, 6.07) is 1.62. The van der Waals surface area contributed by atoms with Crippen molar-refractivity contribution in [1.82, 2.24) is 5.32 Å². The van der Waals surface area contributed by atoms with Crippen molar-refractivity contribution in [2.24, 2.45) is 0 Å². The summed E-state index contributed by atoms with van der Waals surface area (Å²) >= 11 is 0. The van der Waals surface area contributed by atoms with Crippen LogP contribution in [-0.4, -0.2) is 37.0 Å². The van der Waals surface area contributed by atoms with Gasteiger partial charge in [-0.25, -0.2) is 8.78 Å². The zero-order valence-electron chi connectivity index (χ0n) is 10.3. The maximum absolute atomic E-state index is 13.4. The lowest BCUT2D eigenvalue weighted by molar-refractivity contribution is 0.0122. The fourth-order valence-electron chi connectivity index (χ4n) is 1.67. The molecule has 1 aromatic rings. The Bertz CT molecular complexity index is 401. The van der Waals surface area contributed by atoms with E-state index in [-0.39, 0.29) is 17.7 Å². The van der Waals surface area contributed by atoms with E-state index in [9.17, 15) is 19.0 Å². The number of nitrogens with one attached hydrogen (secondary N) is 1. The SMILES string of the molecule is CNCCC(O)C(O)c1cc(F)cc(F)c1OC. The first-order valence-electron chi connectivity index (χ1n) is 5.55. The highest BCUT2D eigenvalue weighted by molar-refractivity contribution is 5.37. The number of rotatable bonds is 6. The Hall–Kier alpha value is -1.24. The molecule has 0 saturated carbocycles. The lowest BCUT2D eigenvalue weighted by Gasteiger charge is -2.20. The first-order valence-corrected chi connectivity index (χ1v) is 5.55. The van der Waals surface area contributed by atoms with E-state index in [2.05, 4.69) is 5.32 Å². The van der Waals surface area contributed by atoms with Gasteiger partial charge >= 0.3 is 0 Å². The molecule has 0 heterocycles. The summed E-state index contributed by atoms with van der Waals surface area (Å²) in [4.78, 5) is 0. The number of halogens is 2. The number of benzene rings is 1. The second kappa shape index (κ2) is 6.63. The molecule has 0 aliphatic heterocycles. The minimum atomic E-state index is -1.40. The van der Waals surface area contributed by atoms with Crippen molar-refractivity contribution in [2.75, 3.05) is 20.7 Å². The lowest BCUT2D eigenvalue weighted by Crippen LogP contribution is -2.24. The van der Waals surface area contributed by atoms with Crippen molar-refractivity contribution in [3.8, 4) is 5.75 Å². The molecule has 4 nitrogen and oxygen atoms in total. The second-order valence-electron chi connectivity index (χ2n) is 3.91. The maximum atomic E-state index is 13.4. The van der Waals surface area contributed by atoms with Crippen LogP contribution >= 0.6 is 0 Å². The Morgan fingerprint density at radius 1 is 1.33 bits per heavy atom. The number of aliphatic hydroxyl groups is 2. The van der Waals surface area contributed by atoms with Gasteiger partial charge in [0.15, 0.2) is 11.6 Å². The predicted octanol–water partition coefficient (Wildman–Crippen LogP) is 0.977. The van der Waals surface area contributed by atoms with Gasteiger partial charge in [-0.3, -0.25) is 0 Å². The highest BCUT2D eigenvalue weighted by Gasteiger charge is 2.24. The molecule has 0 saturated heterocycles. The molecule has 1 aromatic carbocycles. The molecule has 18 heavy (non-hydrogen) atoms. The number of aliphatic hydroxyl groups excluding tert-OH is 2. The average molecular weight is 261 g/mol. The molecule has 102 valence electrons. The average Bonchev–Trinajstić information content (AvgIpc) is 2.34. The number of ether oxygens (including phenoxy) is 1. The Morgan fingerprint density at radius 2 is 2.00 bits per heavy atom. The van der Waals surface area contributed by atoms with Gasteiger partial charge in [-0.15, -0.1) is 0 Å². The second-order valence-corrected chi connectivity index (χ2v) is 3.91. The molecule has 0 aliphatic carbocycles. The number of hydrogen-bond acceptors (Lipinski definition) is 4. The number of methoxy groups -OCH3 is 1. The first kappa shape index (κ1) is 14.8. The molecule has 3 N–H and O–H groups in total. The van der Waals surface area contributed by atoms with E-state index in [0.717, 1.165) is 6.07 Å². The molecule has 0 amide bonds. The Balaban J connectivity index is 3.00. The minimum absolute atomic E-state index is 0.0985. The van der Waals surface area contributed by atoms with Crippen molar-refractivity contribution in [2.45, 2.75) is 18.6 Å². The van der Waals surface area contributed by atoms with E-state index in [1.54, 1.807) is 7.05 Å². The van der Waals surface area contributed by atoms with Crippen LogP contribution < -0.4 is 10.1 Å². The third kappa shape index (κ3) is 3.38. The van der Waals surface area contributed by atoms with Gasteiger partial charge in [0.25, 0.3) is 0 Å². The molecule has 0 spiro atoms. The summed E-state index contributed by atoms with van der Waals surface area (Å²) in [5.41, 5.74) is -0.0985. The molecule has 0 bridgehead atoms. The van der Waals surface area contributed by atoms with Crippen LogP contribution in [0.5, 0.6) is 5.75 Å². The summed E-state index contributed by atoms with van der Waals surface area (Å²) in [5, 5.41) is 22.4. The van der Waals surface area contributed by atoms with Crippen LogP contribution in [0.15, 0.2) is 12.1 Å². The highest BCUT2D eigenvalue weighted by Crippen LogP contribution is 2.31. The summed E-state index contributed by atoms with van der Waals surface area (Å²) in [6.07, 6.45) is -2.29. The topological polar surface area (TPSA) is 61.7 Å². The maximum Gasteiger partial charge on any atom is 0.168 e. The molecule has 0 aromatic heterocycles. The molecular formula is C12H17F2NO3. The predicted molar refractivity (Wildman–Crippen MR) is 62.4 cm³/mol. The molecule has 0 fully saturated rings. The Kier molecular flexibility index (Phi) is 5.46. The molecular weight excluding hydrogens is 244 g/mol. The molecule has 2 unspecified atom stereocenters. The molecule has 2 atom stereocenters. The quantitative estimate of drug-likeness (QED) is 0.714. The largest absolute Gasteiger partial charge is 0.493 e. The fourth-order valence-corrected chi connectivity index (χ4v) is 1.67. The van der Waals surface area contributed by atoms with Gasteiger partial charge in [0.2, 0.25) is 0 Å². The normalized spacial score (nSPS) is 14.3. The van der Waals surface area contributed by atoms with Gasteiger partial charge in [-0.1, -0.05) is 0 Å². The van der Waals surface area contributed by atoms with Gasteiger partial charge in [-0.05, 0) is 26.1 Å². The van der Waals surface area contributed by atoms with Gasteiger partial charge in [0.1, 0.15) is 11.9 Å². The molecule has 1 rings (SSSR count). The van der Waals surface area contributed by atoms with Gasteiger partial charge in [0, 0.05) is 11.6 Å². The summed E-state index contributed by atoms with van der Waals surface area (Å²) in [7, 11) is 2.91. The van der Waals surface area contributed by atoms with Crippen LogP contribution in [0.25, 0.3) is 0 Å². The summed E-state index contributed by atoms with van der Waals surface area (Å²) in [6.45, 7) is 0.471. The Morgan fingerprint density at radius 3 is 2.56 bits per heavy atom. The standard InChI is InChI=1S/C12H17F2NO3/c1-15-4-3-10(16)11(17)8-5-7(13)6-9(14)12(8)18-2/h5-6,10-11,15-17H,3-4H2,1-2H3. The zero-order valence-corrected chi connectivity index (χ0v) is 10.3. The van der Waals surface area contributed by atoms with Crippen LogP contribution in [-0.2, 0) is 0 Å². The van der Waals surface area contributed by atoms with Crippen LogP contribution in [0, 0.1) is 11.6 Å². The molecule has 0 aliphatic rings. The van der Waals surface area contributed by atoms with Gasteiger partial charge in [0.05, 0.1) is 13.2 Å². The van der Waals surface area contributed by atoms with E-state index in [1.165, 1.54) is 7.11 Å². The van der Waals surface area contributed by atoms with Crippen LogP contribution in [0.3, 0.4) is 0 Å². The number of hydrogen-bond donors (Lipinski definition) is 3. The third-order valence-corrected chi connectivity index (χ3v) is 2.61. The van der Waals surface area contributed by atoms with Crippen LogP contribution in [0.1, 0.15) is 18.1 Å². The van der Waals surface area contributed by atoms with Gasteiger partial charge < -0.3 is 20.3 Å². The van der Waals surface area contributed by atoms with E-state index >= 15 is 0 Å². The molecule has 6 heteroatoms. The van der Waals surface area contributed by atoms with Crippen LogP contribution in [0.4, 0.5) is 8.78 Å². The third-order valence-electron chi connectivity index (χ3n) is 2.61. The van der Waals surface area contributed by atoms with Crippen molar-refractivity contribution in [3.63, 3.8) is 0 Å². The molecule has 0 radical (unpaired) electrons. The minimum Gasteiger partial charge on any atom is -0.493 e. The van der Waals surface area contributed by atoms with Crippen LogP contribution in [0.2, 0.25) is 0 Å². The summed E-state index contributed by atoms with van der Waals surface area (Å²) in [5.74, 6) is -2.00. The summed E-state index contributed by atoms with van der Waals surface area (Å²) < 4.78 is 31.3. The fraction of sp³-hybridized carbons (Fsp3) is 0.500. The van der Waals surface area contributed by atoms with E-state index in [4.69, 9.17) is 4.74 Å². The van der Waals surface area contributed by atoms with E-state index in [0.29, 0.717) is 12.6 Å².